The predicted molar refractivity (Wildman–Crippen MR) is 139 cm³/mol. The van der Waals surface area contributed by atoms with Gasteiger partial charge in [0.15, 0.2) is 0 Å². The number of fused-ring (bicyclic) bond motifs is 4. The third-order valence-electron chi connectivity index (χ3n) is 8.35. The molecule has 42 heavy (non-hydrogen) atoms. The second-order valence-electron chi connectivity index (χ2n) is 10.6. The highest BCUT2D eigenvalue weighted by atomic mass is 19.4. The number of carbonyl (C=O) groups is 1. The molecule has 1 aromatic carbocycles. The fourth-order valence-electron chi connectivity index (χ4n) is 5.91. The number of allylic oxidation sites excluding steroid dienone is 1. The standard InChI is InChI=1S/C28H24F6N6O2/c1-39(26(41)16-10-21-18(11-17(16)29)38-25(35)20-6-9-36-40(20)21)22-13-42-12-19-15(22)2-3-23(37-19)27(28(32,33)34)7-4-14(5-8-27)24(30)31/h2-3,6,9-11,22H,4-5,7-8,12-13H2,1H3,(H2,35,38). The summed E-state index contributed by atoms with van der Waals surface area (Å²) < 4.78 is 91.6. The Bertz CT molecular complexity index is 1750. The van der Waals surface area contributed by atoms with Crippen molar-refractivity contribution in [2.45, 2.75) is 49.9 Å². The molecule has 2 N–H and O–H groups in total. The van der Waals surface area contributed by atoms with E-state index in [1.54, 1.807) is 6.07 Å². The molecular formula is C28H24F6N6O2. The van der Waals surface area contributed by atoms with Gasteiger partial charge in [0.05, 0.1) is 53.4 Å². The van der Waals surface area contributed by atoms with Crippen LogP contribution >= 0.6 is 0 Å². The van der Waals surface area contributed by atoms with Crippen molar-refractivity contribution in [3.05, 3.63) is 76.5 Å². The van der Waals surface area contributed by atoms with Crippen LogP contribution in [-0.4, -0.2) is 50.2 Å². The van der Waals surface area contributed by atoms with Gasteiger partial charge in [-0.05, 0) is 49.5 Å². The van der Waals surface area contributed by atoms with Crippen molar-refractivity contribution < 1.29 is 35.9 Å². The van der Waals surface area contributed by atoms with Gasteiger partial charge in [-0.3, -0.25) is 9.78 Å². The van der Waals surface area contributed by atoms with Crippen LogP contribution in [0.5, 0.6) is 0 Å². The van der Waals surface area contributed by atoms with Crippen molar-refractivity contribution >= 4 is 28.3 Å². The van der Waals surface area contributed by atoms with Crippen molar-refractivity contribution in [3.8, 4) is 0 Å². The molecule has 1 fully saturated rings. The van der Waals surface area contributed by atoms with Crippen LogP contribution in [0, 0.1) is 5.82 Å². The van der Waals surface area contributed by atoms with Gasteiger partial charge in [0.1, 0.15) is 22.6 Å². The zero-order chi connectivity index (χ0) is 30.0. The topological polar surface area (TPSA) is 98.6 Å². The maximum Gasteiger partial charge on any atom is 0.399 e. The van der Waals surface area contributed by atoms with Gasteiger partial charge in [-0.1, -0.05) is 6.07 Å². The fourth-order valence-corrected chi connectivity index (χ4v) is 5.91. The molecule has 8 nitrogen and oxygen atoms in total. The summed E-state index contributed by atoms with van der Waals surface area (Å²) >= 11 is 0. The van der Waals surface area contributed by atoms with E-state index in [1.165, 1.54) is 40.9 Å². The number of pyridine rings is 1. The third kappa shape index (κ3) is 4.35. The summed E-state index contributed by atoms with van der Waals surface area (Å²) in [5.74, 6) is -1.40. The smallest absolute Gasteiger partial charge is 0.382 e. The van der Waals surface area contributed by atoms with Crippen LogP contribution in [-0.2, 0) is 16.8 Å². The van der Waals surface area contributed by atoms with Gasteiger partial charge in [-0.25, -0.2) is 13.9 Å². The summed E-state index contributed by atoms with van der Waals surface area (Å²) in [6.07, 6.45) is -7.05. The van der Waals surface area contributed by atoms with Crippen molar-refractivity contribution in [2.75, 3.05) is 19.4 Å². The molecule has 4 aromatic rings. The van der Waals surface area contributed by atoms with E-state index in [9.17, 15) is 26.7 Å². The molecule has 1 saturated carbocycles. The summed E-state index contributed by atoms with van der Waals surface area (Å²) in [4.78, 5) is 23.3. The first-order chi connectivity index (χ1) is 19.9. The molecule has 6 rings (SSSR count). The van der Waals surface area contributed by atoms with E-state index in [-0.39, 0.29) is 59.9 Å². The Labute approximate surface area is 234 Å². The number of halogens is 6. The lowest BCUT2D eigenvalue weighted by molar-refractivity contribution is -0.198. The highest BCUT2D eigenvalue weighted by Gasteiger charge is 2.57. The quantitative estimate of drug-likeness (QED) is 0.300. The van der Waals surface area contributed by atoms with E-state index in [1.807, 2.05) is 0 Å². The van der Waals surface area contributed by atoms with Crippen LogP contribution in [0.3, 0.4) is 0 Å². The zero-order valence-electron chi connectivity index (χ0n) is 22.2. The number of hydrogen-bond acceptors (Lipinski definition) is 6. The SMILES string of the molecule is CN(C(=O)c1cc2c(cc1F)nc(N)c1ccnn12)C1COCc2nc(C3(C(F)(F)F)CCC(=C(F)F)CC3)ccc21. The van der Waals surface area contributed by atoms with E-state index < -0.39 is 48.3 Å². The molecule has 0 saturated heterocycles. The van der Waals surface area contributed by atoms with Gasteiger partial charge in [-0.2, -0.15) is 27.1 Å². The van der Waals surface area contributed by atoms with Crippen molar-refractivity contribution in [1.82, 2.24) is 24.5 Å². The molecule has 0 spiro atoms. The number of amides is 1. The van der Waals surface area contributed by atoms with E-state index in [0.717, 1.165) is 6.07 Å². The summed E-state index contributed by atoms with van der Waals surface area (Å²) in [6, 6.07) is 5.95. The number of anilines is 1. The number of aromatic nitrogens is 4. The van der Waals surface area contributed by atoms with E-state index in [2.05, 4.69) is 15.1 Å². The van der Waals surface area contributed by atoms with Crippen molar-refractivity contribution in [1.29, 1.82) is 0 Å². The zero-order valence-corrected chi connectivity index (χ0v) is 22.2. The van der Waals surface area contributed by atoms with Gasteiger partial charge in [0.2, 0.25) is 0 Å². The molecule has 2 aliphatic rings. The average Bonchev–Trinajstić information content (AvgIpc) is 3.46. The predicted octanol–water partition coefficient (Wildman–Crippen LogP) is 5.87. The Morgan fingerprint density at radius 1 is 1.12 bits per heavy atom. The third-order valence-corrected chi connectivity index (χ3v) is 8.35. The summed E-state index contributed by atoms with van der Waals surface area (Å²) in [7, 11) is 1.44. The van der Waals surface area contributed by atoms with Gasteiger partial charge < -0.3 is 15.4 Å². The molecule has 0 radical (unpaired) electrons. The number of likely N-dealkylation sites (N-methyl/N-ethyl adjacent to an activating group) is 1. The van der Waals surface area contributed by atoms with Gasteiger partial charge >= 0.3 is 6.18 Å². The minimum absolute atomic E-state index is 0.00129. The molecule has 1 atom stereocenters. The summed E-state index contributed by atoms with van der Waals surface area (Å²) in [5, 5.41) is 4.19. The number of nitrogens with two attached hydrogens (primary N) is 1. The maximum absolute atomic E-state index is 15.2. The molecule has 1 unspecified atom stereocenters. The van der Waals surface area contributed by atoms with Gasteiger partial charge in [0, 0.05) is 18.7 Å². The summed E-state index contributed by atoms with van der Waals surface area (Å²) in [6.45, 7) is -0.101. The minimum Gasteiger partial charge on any atom is -0.382 e. The van der Waals surface area contributed by atoms with Crippen LogP contribution in [0.15, 0.2) is 48.2 Å². The van der Waals surface area contributed by atoms with E-state index in [4.69, 9.17) is 10.5 Å². The highest BCUT2D eigenvalue weighted by molar-refractivity contribution is 5.98. The fraction of sp³-hybridized carbons (Fsp3) is 0.357. The lowest BCUT2D eigenvalue weighted by Crippen LogP contribution is -2.45. The first-order valence-corrected chi connectivity index (χ1v) is 13.1. The number of ether oxygens (including phenoxy) is 1. The van der Waals surface area contributed by atoms with Crippen molar-refractivity contribution in [3.63, 3.8) is 0 Å². The normalized spacial score (nSPS) is 21.0. The number of rotatable bonds is 3. The van der Waals surface area contributed by atoms with Gasteiger partial charge in [0.25, 0.3) is 12.0 Å². The highest BCUT2D eigenvalue weighted by Crippen LogP contribution is 2.52. The second-order valence-corrected chi connectivity index (χ2v) is 10.6. The molecule has 1 aliphatic heterocycles. The first-order valence-electron chi connectivity index (χ1n) is 13.1. The first kappa shape index (κ1) is 27.9. The molecule has 3 aromatic heterocycles. The Morgan fingerprint density at radius 3 is 2.55 bits per heavy atom. The molecular weight excluding hydrogens is 566 g/mol. The van der Waals surface area contributed by atoms with Crippen molar-refractivity contribution in [2.24, 2.45) is 0 Å². The minimum atomic E-state index is -4.72. The van der Waals surface area contributed by atoms with Crippen LogP contribution in [0.25, 0.3) is 16.6 Å². The second kappa shape index (κ2) is 9.96. The number of nitrogens with zero attached hydrogens (tertiary/aromatic N) is 5. The van der Waals surface area contributed by atoms with Crippen LogP contribution < -0.4 is 5.73 Å². The number of nitrogen functional groups attached to an aromatic ring is 1. The van der Waals surface area contributed by atoms with Crippen LogP contribution in [0.1, 0.15) is 59.0 Å². The van der Waals surface area contributed by atoms with Gasteiger partial charge in [-0.15, -0.1) is 0 Å². The van der Waals surface area contributed by atoms with E-state index >= 15 is 4.39 Å². The molecule has 14 heteroatoms. The molecule has 1 amide bonds. The largest absolute Gasteiger partial charge is 0.399 e. The lowest BCUT2D eigenvalue weighted by atomic mass is 9.69. The lowest BCUT2D eigenvalue weighted by Gasteiger charge is -2.40. The number of hydrogen-bond donors (Lipinski definition) is 1. The van der Waals surface area contributed by atoms with Crippen LogP contribution in [0.2, 0.25) is 0 Å². The average molecular weight is 591 g/mol. The van der Waals surface area contributed by atoms with Crippen LogP contribution in [0.4, 0.5) is 32.2 Å². The summed E-state index contributed by atoms with van der Waals surface area (Å²) in [5.41, 5.74) is 4.40. The number of carbonyl (C=O) groups excluding carboxylic acids is 1. The maximum atomic E-state index is 15.2. The number of alkyl halides is 3. The Kier molecular flexibility index (Phi) is 6.63. The molecule has 4 heterocycles. The molecule has 0 bridgehead atoms. The monoisotopic (exact) mass is 590 g/mol. The Hall–Kier alpha value is -4.20. The number of benzene rings is 1. The Balaban J connectivity index is 1.34. The molecule has 1 aliphatic carbocycles. The molecule has 220 valence electrons. The Morgan fingerprint density at radius 2 is 1.86 bits per heavy atom. The van der Waals surface area contributed by atoms with E-state index in [0.29, 0.717) is 16.6 Å².